The van der Waals surface area contributed by atoms with Crippen LogP contribution in [0.5, 0.6) is 0 Å². The molecule has 0 aliphatic rings. The fraction of sp³-hybridized carbons (Fsp3) is 0. The van der Waals surface area contributed by atoms with E-state index in [9.17, 15) is 8.78 Å². The van der Waals surface area contributed by atoms with Crippen LogP contribution in [0.15, 0.2) is 36.4 Å². The van der Waals surface area contributed by atoms with E-state index in [0.717, 1.165) is 6.07 Å². The van der Waals surface area contributed by atoms with E-state index in [4.69, 9.17) is 17.3 Å². The zero-order chi connectivity index (χ0) is 12.4. The van der Waals surface area contributed by atoms with Gasteiger partial charge in [0, 0.05) is 5.02 Å². The summed E-state index contributed by atoms with van der Waals surface area (Å²) in [4.78, 5) is 0. The Labute approximate surface area is 102 Å². The highest BCUT2D eigenvalue weighted by molar-refractivity contribution is 6.30. The van der Waals surface area contributed by atoms with E-state index >= 15 is 0 Å². The minimum atomic E-state index is -0.499. The zero-order valence-corrected chi connectivity index (χ0v) is 9.43. The molecule has 0 unspecified atom stereocenters. The van der Waals surface area contributed by atoms with E-state index < -0.39 is 11.6 Å². The van der Waals surface area contributed by atoms with E-state index in [1.54, 1.807) is 6.07 Å². The van der Waals surface area contributed by atoms with Crippen molar-refractivity contribution in [1.29, 1.82) is 0 Å². The van der Waals surface area contributed by atoms with Crippen LogP contribution in [0.4, 0.5) is 25.8 Å². The molecular formula is C12H9ClF2N2. The second kappa shape index (κ2) is 4.59. The van der Waals surface area contributed by atoms with Crippen molar-refractivity contribution >= 4 is 28.7 Å². The van der Waals surface area contributed by atoms with Gasteiger partial charge in [0.2, 0.25) is 0 Å². The molecule has 0 heterocycles. The van der Waals surface area contributed by atoms with Gasteiger partial charge in [-0.3, -0.25) is 0 Å². The van der Waals surface area contributed by atoms with Gasteiger partial charge in [0.05, 0.1) is 17.1 Å². The maximum atomic E-state index is 13.5. The molecule has 0 radical (unpaired) electrons. The molecule has 0 saturated carbocycles. The number of nitrogen functional groups attached to an aromatic ring is 1. The first-order valence-corrected chi connectivity index (χ1v) is 5.21. The Kier molecular flexibility index (Phi) is 3.15. The van der Waals surface area contributed by atoms with Crippen LogP contribution in [-0.2, 0) is 0 Å². The molecule has 0 atom stereocenters. The Bertz CT molecular complexity index is 509. The molecule has 2 nitrogen and oxygen atoms in total. The van der Waals surface area contributed by atoms with Crippen molar-refractivity contribution in [3.63, 3.8) is 0 Å². The topological polar surface area (TPSA) is 38.0 Å². The summed E-state index contributed by atoms with van der Waals surface area (Å²) in [5, 5.41) is 3.08. The molecule has 0 aliphatic carbocycles. The molecule has 0 aromatic heterocycles. The van der Waals surface area contributed by atoms with Gasteiger partial charge in [0.25, 0.3) is 0 Å². The van der Waals surface area contributed by atoms with Crippen molar-refractivity contribution < 1.29 is 8.78 Å². The third-order valence-corrected chi connectivity index (χ3v) is 2.45. The molecule has 88 valence electrons. The summed E-state index contributed by atoms with van der Waals surface area (Å²) in [5.74, 6) is -0.939. The van der Waals surface area contributed by atoms with Gasteiger partial charge in [0.1, 0.15) is 11.6 Å². The molecule has 0 aliphatic heterocycles. The second-order valence-electron chi connectivity index (χ2n) is 3.48. The van der Waals surface area contributed by atoms with Crippen molar-refractivity contribution in [3.05, 3.63) is 53.1 Å². The Morgan fingerprint density at radius 2 is 1.71 bits per heavy atom. The van der Waals surface area contributed by atoms with Gasteiger partial charge in [-0.25, -0.2) is 8.78 Å². The standard InChI is InChI=1S/C12H9ClF2N2/c13-7-1-3-11(9(15)5-7)17-12-4-2-8(14)6-10(12)16/h1-6,17H,16H2. The van der Waals surface area contributed by atoms with Crippen molar-refractivity contribution in [2.24, 2.45) is 0 Å². The first kappa shape index (κ1) is 11.7. The summed E-state index contributed by atoms with van der Waals surface area (Å²) in [7, 11) is 0. The van der Waals surface area contributed by atoms with E-state index in [1.165, 1.54) is 24.3 Å². The number of hydrogen-bond acceptors (Lipinski definition) is 2. The van der Waals surface area contributed by atoms with E-state index in [2.05, 4.69) is 5.32 Å². The highest BCUT2D eigenvalue weighted by Crippen LogP contribution is 2.26. The van der Waals surface area contributed by atoms with Crippen LogP contribution in [0.3, 0.4) is 0 Å². The molecule has 2 aromatic carbocycles. The molecule has 2 rings (SSSR count). The Hall–Kier alpha value is -1.81. The Morgan fingerprint density at radius 1 is 1.00 bits per heavy atom. The smallest absolute Gasteiger partial charge is 0.148 e. The van der Waals surface area contributed by atoms with Crippen LogP contribution in [-0.4, -0.2) is 0 Å². The van der Waals surface area contributed by atoms with Crippen molar-refractivity contribution in [3.8, 4) is 0 Å². The number of benzene rings is 2. The van der Waals surface area contributed by atoms with Gasteiger partial charge < -0.3 is 11.1 Å². The molecule has 5 heteroatoms. The normalized spacial score (nSPS) is 10.3. The average molecular weight is 255 g/mol. The quantitative estimate of drug-likeness (QED) is 0.797. The lowest BCUT2D eigenvalue weighted by Crippen LogP contribution is -1.98. The third kappa shape index (κ3) is 2.65. The summed E-state index contributed by atoms with van der Waals surface area (Å²) in [5.41, 5.74) is 6.47. The summed E-state index contributed by atoms with van der Waals surface area (Å²) >= 11 is 5.63. The molecule has 0 amide bonds. The minimum absolute atomic E-state index is 0.208. The third-order valence-electron chi connectivity index (χ3n) is 2.21. The largest absolute Gasteiger partial charge is 0.397 e. The van der Waals surface area contributed by atoms with E-state index in [-0.39, 0.29) is 11.4 Å². The number of nitrogens with two attached hydrogens (primary N) is 1. The molecular weight excluding hydrogens is 246 g/mol. The highest BCUT2D eigenvalue weighted by atomic mass is 35.5. The Balaban J connectivity index is 2.31. The summed E-state index contributed by atoms with van der Waals surface area (Å²) in [6.07, 6.45) is 0. The molecule has 3 N–H and O–H groups in total. The monoisotopic (exact) mass is 254 g/mol. The summed E-state index contributed by atoms with van der Waals surface area (Å²) < 4.78 is 26.3. The number of rotatable bonds is 2. The van der Waals surface area contributed by atoms with Crippen LogP contribution in [0, 0.1) is 11.6 Å². The van der Waals surface area contributed by atoms with Crippen LogP contribution < -0.4 is 11.1 Å². The lowest BCUT2D eigenvalue weighted by molar-refractivity contribution is 0.628. The molecule has 2 aromatic rings. The van der Waals surface area contributed by atoms with Crippen LogP contribution >= 0.6 is 11.6 Å². The fourth-order valence-corrected chi connectivity index (χ4v) is 1.54. The van der Waals surface area contributed by atoms with Gasteiger partial charge in [0.15, 0.2) is 0 Å². The lowest BCUT2D eigenvalue weighted by atomic mass is 10.2. The molecule has 17 heavy (non-hydrogen) atoms. The molecule has 0 saturated heterocycles. The highest BCUT2D eigenvalue weighted by Gasteiger charge is 2.06. The lowest BCUT2D eigenvalue weighted by Gasteiger charge is -2.10. The van der Waals surface area contributed by atoms with Crippen molar-refractivity contribution in [2.45, 2.75) is 0 Å². The van der Waals surface area contributed by atoms with E-state index in [0.29, 0.717) is 10.7 Å². The van der Waals surface area contributed by atoms with Crippen molar-refractivity contribution in [1.82, 2.24) is 0 Å². The van der Waals surface area contributed by atoms with E-state index in [1.807, 2.05) is 0 Å². The van der Waals surface area contributed by atoms with Gasteiger partial charge >= 0.3 is 0 Å². The predicted octanol–water partition coefficient (Wildman–Crippen LogP) is 3.94. The van der Waals surface area contributed by atoms with Crippen LogP contribution in [0.1, 0.15) is 0 Å². The summed E-state index contributed by atoms with van der Waals surface area (Å²) in [6.45, 7) is 0. The average Bonchev–Trinajstić information content (AvgIpc) is 2.25. The molecule has 0 bridgehead atoms. The van der Waals surface area contributed by atoms with Gasteiger partial charge in [-0.15, -0.1) is 0 Å². The maximum Gasteiger partial charge on any atom is 0.148 e. The number of halogens is 3. The molecule has 0 spiro atoms. The molecule has 0 fully saturated rings. The van der Waals surface area contributed by atoms with Crippen LogP contribution in [0.25, 0.3) is 0 Å². The zero-order valence-electron chi connectivity index (χ0n) is 8.68. The second-order valence-corrected chi connectivity index (χ2v) is 3.92. The maximum absolute atomic E-state index is 13.5. The minimum Gasteiger partial charge on any atom is -0.397 e. The van der Waals surface area contributed by atoms with Crippen LogP contribution in [0.2, 0.25) is 5.02 Å². The van der Waals surface area contributed by atoms with Gasteiger partial charge in [-0.05, 0) is 36.4 Å². The predicted molar refractivity (Wildman–Crippen MR) is 65.5 cm³/mol. The van der Waals surface area contributed by atoms with Gasteiger partial charge in [-0.2, -0.15) is 0 Å². The fourth-order valence-electron chi connectivity index (χ4n) is 1.38. The SMILES string of the molecule is Nc1cc(F)ccc1Nc1ccc(Cl)cc1F. The summed E-state index contributed by atoms with van der Waals surface area (Å²) in [6, 6.07) is 8.07. The number of hydrogen-bond donors (Lipinski definition) is 2. The number of nitrogens with one attached hydrogen (secondary N) is 1. The number of anilines is 3. The first-order chi connectivity index (χ1) is 8.06. The Morgan fingerprint density at radius 3 is 2.35 bits per heavy atom. The van der Waals surface area contributed by atoms with Gasteiger partial charge in [-0.1, -0.05) is 11.6 Å². The van der Waals surface area contributed by atoms with Crippen molar-refractivity contribution in [2.75, 3.05) is 11.1 Å². The first-order valence-electron chi connectivity index (χ1n) is 4.83.